The molecule has 0 radical (unpaired) electrons. The van der Waals surface area contributed by atoms with E-state index in [1.54, 1.807) is 14.2 Å². The molecule has 3 nitrogen and oxygen atoms in total. The van der Waals surface area contributed by atoms with Crippen LogP contribution in [0.4, 0.5) is 0 Å². The first-order chi connectivity index (χ1) is 4.18. The fourth-order valence-electron chi connectivity index (χ4n) is 0.549. The van der Waals surface area contributed by atoms with Crippen LogP contribution < -0.4 is 5.32 Å². The van der Waals surface area contributed by atoms with Crippen molar-refractivity contribution in [2.75, 3.05) is 27.8 Å². The minimum Gasteiger partial charge on any atom is -0.357 e. The average molecular weight is 149 g/mol. The quantitative estimate of drug-likeness (QED) is 0.390. The van der Waals surface area contributed by atoms with E-state index < -0.39 is 0 Å². The molecule has 0 aromatic carbocycles. The fraction of sp³-hybridized carbons (Fsp3) is 1.00. The molecule has 4 heteroatoms. The normalized spacial score (nSPS) is 12.3. The summed E-state index contributed by atoms with van der Waals surface area (Å²) in [6.45, 7) is 0.756. The Morgan fingerprint density at radius 3 is 2.00 bits per heavy atom. The van der Waals surface area contributed by atoms with E-state index in [1.807, 2.05) is 7.05 Å². The molecule has 0 amide bonds. The number of rotatable bonds is 4. The number of ether oxygens (including phenoxy) is 2. The first-order valence-electron chi connectivity index (χ1n) is 2.93. The third-order valence-corrected chi connectivity index (χ3v) is 2.53. The third kappa shape index (κ3) is 2.95. The lowest BCUT2D eigenvalue weighted by Crippen LogP contribution is -2.43. The van der Waals surface area contributed by atoms with Gasteiger partial charge in [0.15, 0.2) is 5.41 Å². The van der Waals surface area contributed by atoms with Crippen LogP contribution in [0.25, 0.3) is 0 Å². The molecule has 0 aliphatic carbocycles. The van der Waals surface area contributed by atoms with Crippen LogP contribution in [0.1, 0.15) is 0 Å². The summed E-state index contributed by atoms with van der Waals surface area (Å²) in [5.41, 5.74) is -0.339. The first-order valence-corrected chi connectivity index (χ1v) is 3.93. The number of nitrogens with one attached hydrogen (secondary N) is 1. The highest BCUT2D eigenvalue weighted by Crippen LogP contribution is 2.01. The lowest BCUT2D eigenvalue weighted by molar-refractivity contribution is -0.137. The summed E-state index contributed by atoms with van der Waals surface area (Å²) in [7, 11) is 6.07. The lowest BCUT2D eigenvalue weighted by atomic mass is 10.6. The van der Waals surface area contributed by atoms with Crippen LogP contribution in [0, 0.1) is 0 Å². The van der Waals surface area contributed by atoms with E-state index in [0.29, 0.717) is 0 Å². The molecule has 9 heavy (non-hydrogen) atoms. The predicted octanol–water partition coefficient (Wildman–Crippen LogP) is -1.48. The maximum Gasteiger partial charge on any atom is 0.152 e. The smallest absolute Gasteiger partial charge is 0.152 e. The van der Waals surface area contributed by atoms with Gasteiger partial charge in [-0.25, -0.2) is 0 Å². The largest absolute Gasteiger partial charge is 0.357 e. The first kappa shape index (κ1) is 9.10. The van der Waals surface area contributed by atoms with Gasteiger partial charge in [-0.3, -0.25) is 0 Å². The Kier molecular flexibility index (Phi) is 4.04. The van der Waals surface area contributed by atoms with E-state index >= 15 is 0 Å². The zero-order valence-corrected chi connectivity index (χ0v) is 8.52. The standard InChI is InChI=1S/C5H15NO2Si/c1-6-4-5(9,7-2)8-3/h6H,4H2,1-3,9H3. The van der Waals surface area contributed by atoms with Crippen molar-refractivity contribution in [3.05, 3.63) is 0 Å². The van der Waals surface area contributed by atoms with Crippen molar-refractivity contribution in [1.29, 1.82) is 0 Å². The van der Waals surface area contributed by atoms with Crippen molar-refractivity contribution in [3.8, 4) is 0 Å². The Morgan fingerprint density at radius 1 is 1.44 bits per heavy atom. The molecule has 0 bridgehead atoms. The second-order valence-corrected chi connectivity index (χ2v) is 3.60. The van der Waals surface area contributed by atoms with Crippen molar-refractivity contribution in [2.45, 2.75) is 5.41 Å². The molecule has 0 spiro atoms. The van der Waals surface area contributed by atoms with Crippen molar-refractivity contribution >= 4 is 10.2 Å². The van der Waals surface area contributed by atoms with Gasteiger partial charge in [0.05, 0.1) is 10.2 Å². The van der Waals surface area contributed by atoms with Crippen LogP contribution in [0.5, 0.6) is 0 Å². The van der Waals surface area contributed by atoms with Gasteiger partial charge in [-0.15, -0.1) is 0 Å². The molecule has 0 fully saturated rings. The molecule has 0 unspecified atom stereocenters. The molecule has 0 aromatic rings. The minimum absolute atomic E-state index is 0.339. The number of hydrogen-bond acceptors (Lipinski definition) is 3. The van der Waals surface area contributed by atoms with E-state index in [1.165, 1.54) is 0 Å². The molecular weight excluding hydrogens is 134 g/mol. The van der Waals surface area contributed by atoms with Gasteiger partial charge >= 0.3 is 0 Å². The van der Waals surface area contributed by atoms with Crippen LogP contribution in [0.2, 0.25) is 0 Å². The highest BCUT2D eigenvalue weighted by Gasteiger charge is 2.19. The van der Waals surface area contributed by atoms with Gasteiger partial charge in [0, 0.05) is 20.8 Å². The van der Waals surface area contributed by atoms with E-state index in [2.05, 4.69) is 5.32 Å². The lowest BCUT2D eigenvalue weighted by Gasteiger charge is -2.25. The van der Waals surface area contributed by atoms with Crippen molar-refractivity contribution < 1.29 is 9.47 Å². The van der Waals surface area contributed by atoms with Crippen LogP contribution in [-0.4, -0.2) is 43.5 Å². The molecular formula is C5H15NO2Si. The van der Waals surface area contributed by atoms with Crippen molar-refractivity contribution in [3.63, 3.8) is 0 Å². The van der Waals surface area contributed by atoms with Gasteiger partial charge in [-0.1, -0.05) is 0 Å². The minimum atomic E-state index is -0.339. The monoisotopic (exact) mass is 149 g/mol. The van der Waals surface area contributed by atoms with E-state index in [-0.39, 0.29) is 5.41 Å². The molecule has 0 aromatic heterocycles. The summed E-state index contributed by atoms with van der Waals surface area (Å²) in [4.78, 5) is 0. The SMILES string of the molecule is CNCC([SiH3])(OC)OC. The Labute approximate surface area is 59.1 Å². The molecule has 0 heterocycles. The third-order valence-electron chi connectivity index (χ3n) is 1.36. The molecule has 0 atom stereocenters. The van der Waals surface area contributed by atoms with Gasteiger partial charge in [0.2, 0.25) is 0 Å². The maximum atomic E-state index is 5.10. The summed E-state index contributed by atoms with van der Waals surface area (Å²) in [6.07, 6.45) is 0. The van der Waals surface area contributed by atoms with Gasteiger partial charge in [0.1, 0.15) is 0 Å². The van der Waals surface area contributed by atoms with Crippen molar-refractivity contribution in [1.82, 2.24) is 5.32 Å². The number of likely N-dealkylation sites (N-methyl/N-ethyl adjacent to an activating group) is 1. The Hall–Kier alpha value is 0.0969. The maximum absolute atomic E-state index is 5.10. The van der Waals surface area contributed by atoms with E-state index in [0.717, 1.165) is 16.8 Å². The summed E-state index contributed by atoms with van der Waals surface area (Å²) in [5, 5.41) is 2.99. The van der Waals surface area contributed by atoms with Gasteiger partial charge in [-0.2, -0.15) is 0 Å². The Bertz CT molecular complexity index is 75.4. The van der Waals surface area contributed by atoms with Crippen LogP contribution in [0.3, 0.4) is 0 Å². The highest BCUT2D eigenvalue weighted by atomic mass is 28.1. The fourth-order valence-corrected chi connectivity index (χ4v) is 0.902. The Morgan fingerprint density at radius 2 is 1.89 bits per heavy atom. The van der Waals surface area contributed by atoms with E-state index in [4.69, 9.17) is 9.47 Å². The second kappa shape index (κ2) is 4.00. The van der Waals surface area contributed by atoms with Crippen LogP contribution in [0.15, 0.2) is 0 Å². The number of hydrogen-bond donors (Lipinski definition) is 1. The molecule has 0 saturated carbocycles. The second-order valence-electron chi connectivity index (χ2n) is 2.07. The van der Waals surface area contributed by atoms with E-state index in [9.17, 15) is 0 Å². The highest BCUT2D eigenvalue weighted by molar-refractivity contribution is 6.13. The predicted molar refractivity (Wildman–Crippen MR) is 40.6 cm³/mol. The van der Waals surface area contributed by atoms with Crippen molar-refractivity contribution in [2.24, 2.45) is 0 Å². The summed E-state index contributed by atoms with van der Waals surface area (Å²) >= 11 is 0. The summed E-state index contributed by atoms with van der Waals surface area (Å²) in [5.74, 6) is 0. The topological polar surface area (TPSA) is 30.5 Å². The molecule has 0 saturated heterocycles. The van der Waals surface area contributed by atoms with Gasteiger partial charge in [0.25, 0.3) is 0 Å². The summed E-state index contributed by atoms with van der Waals surface area (Å²) < 4.78 is 10.2. The van der Waals surface area contributed by atoms with Gasteiger partial charge in [-0.05, 0) is 7.05 Å². The molecule has 56 valence electrons. The zero-order valence-electron chi connectivity index (χ0n) is 6.52. The molecule has 0 aliphatic rings. The summed E-state index contributed by atoms with van der Waals surface area (Å²) in [6, 6.07) is 0. The van der Waals surface area contributed by atoms with Gasteiger partial charge < -0.3 is 14.8 Å². The average Bonchev–Trinajstić information content (AvgIpc) is 1.89. The van der Waals surface area contributed by atoms with Crippen LogP contribution in [-0.2, 0) is 9.47 Å². The molecule has 0 aliphatic heterocycles. The number of methoxy groups -OCH3 is 2. The zero-order chi connectivity index (χ0) is 7.33. The van der Waals surface area contributed by atoms with Crippen LogP contribution >= 0.6 is 0 Å². The molecule has 1 N–H and O–H groups in total. The Balaban J connectivity index is 3.62. The molecule has 0 rings (SSSR count).